The second kappa shape index (κ2) is 8.92. The van der Waals surface area contributed by atoms with Crippen LogP contribution >= 0.6 is 0 Å². The lowest BCUT2D eigenvalue weighted by Gasteiger charge is -2.40. The monoisotopic (exact) mass is 370 g/mol. The number of benzene rings is 1. The molecule has 5 atom stereocenters. The first-order chi connectivity index (χ1) is 12.4. The van der Waals surface area contributed by atoms with E-state index in [9.17, 15) is 24.9 Å². The van der Waals surface area contributed by atoms with Crippen molar-refractivity contribution in [1.82, 2.24) is 5.32 Å². The summed E-state index contributed by atoms with van der Waals surface area (Å²) >= 11 is 0. The maximum Gasteiger partial charge on any atom is 0.338 e. The van der Waals surface area contributed by atoms with E-state index >= 15 is 0 Å². The van der Waals surface area contributed by atoms with Crippen molar-refractivity contribution < 1.29 is 39.5 Å². The molecular formula is C16H22N2O8. The standard InChI is InChI=1S/C16H22N2O8/c1-2-25-15(23)8-3-5-9(6-4-8)17-16(24)18-14-13(22)12(21)11(20)10(7-19)26-14/h3-6,10-14,19-22H,2,7H2,1H3,(H2,17,18,24)/t10-,11+,12+,13-,14+/m0/s1. The maximum atomic E-state index is 12.0. The SMILES string of the molecule is CCOC(=O)c1ccc(NC(=O)N[C@@H]2O[C@@H](CO)[C@@H](O)[C@@H](O)[C@@H]2O)cc1. The molecule has 0 unspecified atom stereocenters. The van der Waals surface area contributed by atoms with Crippen LogP contribution in [0.1, 0.15) is 17.3 Å². The highest BCUT2D eigenvalue weighted by Crippen LogP contribution is 2.20. The highest BCUT2D eigenvalue weighted by atomic mass is 16.6. The quantitative estimate of drug-likeness (QED) is 0.352. The third-order valence-electron chi connectivity index (χ3n) is 3.82. The largest absolute Gasteiger partial charge is 0.462 e. The van der Waals surface area contributed by atoms with Crippen molar-refractivity contribution >= 4 is 17.7 Å². The van der Waals surface area contributed by atoms with Crippen molar-refractivity contribution in [3.63, 3.8) is 0 Å². The van der Waals surface area contributed by atoms with Crippen molar-refractivity contribution in [3.05, 3.63) is 29.8 Å². The molecule has 6 N–H and O–H groups in total. The Bertz CT molecular complexity index is 621. The number of carbonyl (C=O) groups excluding carboxylic acids is 2. The van der Waals surface area contributed by atoms with Gasteiger partial charge in [-0.05, 0) is 31.2 Å². The van der Waals surface area contributed by atoms with Gasteiger partial charge < -0.3 is 40.5 Å². The number of nitrogens with one attached hydrogen (secondary N) is 2. The molecule has 26 heavy (non-hydrogen) atoms. The molecule has 10 nitrogen and oxygen atoms in total. The molecule has 1 saturated heterocycles. The van der Waals surface area contributed by atoms with Gasteiger partial charge >= 0.3 is 12.0 Å². The molecule has 1 aliphatic rings. The Kier molecular flexibility index (Phi) is 6.89. The number of urea groups is 1. The van der Waals surface area contributed by atoms with Crippen LogP contribution in [0.2, 0.25) is 0 Å². The number of rotatable bonds is 5. The van der Waals surface area contributed by atoms with E-state index in [1.807, 2.05) is 0 Å². The minimum atomic E-state index is -1.59. The van der Waals surface area contributed by atoms with Crippen LogP contribution in [0.5, 0.6) is 0 Å². The zero-order valence-electron chi connectivity index (χ0n) is 14.0. The number of esters is 1. The van der Waals surface area contributed by atoms with Gasteiger partial charge in [-0.25, -0.2) is 9.59 Å². The van der Waals surface area contributed by atoms with Crippen LogP contribution in [-0.2, 0) is 9.47 Å². The number of ether oxygens (including phenoxy) is 2. The Morgan fingerprint density at radius 2 is 1.77 bits per heavy atom. The fourth-order valence-electron chi connectivity index (χ4n) is 2.42. The molecule has 0 radical (unpaired) electrons. The number of hydrogen-bond acceptors (Lipinski definition) is 8. The van der Waals surface area contributed by atoms with Crippen molar-refractivity contribution in [2.45, 2.75) is 37.6 Å². The molecule has 0 saturated carbocycles. The summed E-state index contributed by atoms with van der Waals surface area (Å²) in [4.78, 5) is 23.6. The van der Waals surface area contributed by atoms with Gasteiger partial charge in [-0.2, -0.15) is 0 Å². The minimum Gasteiger partial charge on any atom is -0.462 e. The first-order valence-electron chi connectivity index (χ1n) is 8.02. The van der Waals surface area contributed by atoms with E-state index in [2.05, 4.69) is 10.6 Å². The topological polar surface area (TPSA) is 158 Å². The molecule has 144 valence electrons. The molecule has 1 fully saturated rings. The molecule has 2 amide bonds. The van der Waals surface area contributed by atoms with Crippen LogP contribution in [0.15, 0.2) is 24.3 Å². The Balaban J connectivity index is 1.94. The summed E-state index contributed by atoms with van der Waals surface area (Å²) in [5, 5.41) is 43.1. The number of anilines is 1. The predicted molar refractivity (Wildman–Crippen MR) is 88.3 cm³/mol. The highest BCUT2D eigenvalue weighted by molar-refractivity contribution is 5.92. The number of amides is 2. The summed E-state index contributed by atoms with van der Waals surface area (Å²) in [5.41, 5.74) is 0.687. The number of carbonyl (C=O) groups is 2. The summed E-state index contributed by atoms with van der Waals surface area (Å²) in [7, 11) is 0. The van der Waals surface area contributed by atoms with Crippen molar-refractivity contribution in [2.75, 3.05) is 18.5 Å². The first kappa shape index (κ1) is 20.1. The summed E-state index contributed by atoms with van der Waals surface area (Å²) in [6, 6.07) is 5.17. The predicted octanol–water partition coefficient (Wildman–Crippen LogP) is -1.22. The molecule has 2 rings (SSSR count). The molecular weight excluding hydrogens is 348 g/mol. The van der Waals surface area contributed by atoms with Crippen LogP contribution in [-0.4, -0.2) is 76.3 Å². The van der Waals surface area contributed by atoms with Crippen LogP contribution in [0, 0.1) is 0 Å². The lowest BCUT2D eigenvalue weighted by molar-refractivity contribution is -0.233. The van der Waals surface area contributed by atoms with Crippen LogP contribution in [0.25, 0.3) is 0 Å². The number of aliphatic hydroxyl groups is 4. The van der Waals surface area contributed by atoms with Gasteiger partial charge in [-0.1, -0.05) is 0 Å². The maximum absolute atomic E-state index is 12.0. The van der Waals surface area contributed by atoms with Gasteiger partial charge in [-0.15, -0.1) is 0 Å². The lowest BCUT2D eigenvalue weighted by atomic mass is 9.98. The van der Waals surface area contributed by atoms with Gasteiger partial charge in [0.25, 0.3) is 0 Å². The Labute approximate surface area is 149 Å². The molecule has 0 spiro atoms. The van der Waals surface area contributed by atoms with E-state index in [4.69, 9.17) is 14.6 Å². The van der Waals surface area contributed by atoms with E-state index in [0.717, 1.165) is 0 Å². The van der Waals surface area contributed by atoms with E-state index in [1.165, 1.54) is 24.3 Å². The van der Waals surface area contributed by atoms with E-state index in [-0.39, 0.29) is 6.61 Å². The van der Waals surface area contributed by atoms with Gasteiger partial charge in [-0.3, -0.25) is 0 Å². The molecule has 0 aliphatic carbocycles. The van der Waals surface area contributed by atoms with Gasteiger partial charge in [0.15, 0.2) is 6.23 Å². The second-order valence-electron chi connectivity index (χ2n) is 5.65. The van der Waals surface area contributed by atoms with Crippen molar-refractivity contribution in [3.8, 4) is 0 Å². The molecule has 1 aliphatic heterocycles. The minimum absolute atomic E-state index is 0.250. The van der Waals surface area contributed by atoms with Gasteiger partial charge in [0.05, 0.1) is 18.8 Å². The zero-order valence-corrected chi connectivity index (χ0v) is 14.0. The second-order valence-corrected chi connectivity index (χ2v) is 5.65. The molecule has 1 heterocycles. The normalized spacial score (nSPS) is 28.3. The third kappa shape index (κ3) is 4.68. The zero-order chi connectivity index (χ0) is 19.3. The Hall–Kier alpha value is -2.24. The lowest BCUT2D eigenvalue weighted by Crippen LogP contribution is -2.63. The van der Waals surface area contributed by atoms with Crippen LogP contribution in [0.4, 0.5) is 10.5 Å². The fourth-order valence-corrected chi connectivity index (χ4v) is 2.42. The van der Waals surface area contributed by atoms with Gasteiger partial charge in [0.1, 0.15) is 24.4 Å². The Morgan fingerprint density at radius 3 is 2.35 bits per heavy atom. The average Bonchev–Trinajstić information content (AvgIpc) is 2.63. The molecule has 1 aromatic rings. The smallest absolute Gasteiger partial charge is 0.338 e. The third-order valence-corrected chi connectivity index (χ3v) is 3.82. The molecule has 0 aromatic heterocycles. The van der Waals surface area contributed by atoms with E-state index in [1.54, 1.807) is 6.92 Å². The Morgan fingerprint density at radius 1 is 1.12 bits per heavy atom. The summed E-state index contributed by atoms with van der Waals surface area (Å²) < 4.78 is 10.0. The highest BCUT2D eigenvalue weighted by Gasteiger charge is 2.43. The van der Waals surface area contributed by atoms with E-state index < -0.39 is 49.3 Å². The van der Waals surface area contributed by atoms with Crippen LogP contribution < -0.4 is 10.6 Å². The van der Waals surface area contributed by atoms with Gasteiger partial charge in [0.2, 0.25) is 0 Å². The van der Waals surface area contributed by atoms with E-state index in [0.29, 0.717) is 11.3 Å². The van der Waals surface area contributed by atoms with Crippen molar-refractivity contribution in [1.29, 1.82) is 0 Å². The van der Waals surface area contributed by atoms with Crippen molar-refractivity contribution in [2.24, 2.45) is 0 Å². The molecule has 1 aromatic carbocycles. The van der Waals surface area contributed by atoms with Gasteiger partial charge in [0, 0.05) is 5.69 Å². The van der Waals surface area contributed by atoms with Crippen LogP contribution in [0.3, 0.4) is 0 Å². The number of hydrogen-bond donors (Lipinski definition) is 6. The molecule has 0 bridgehead atoms. The summed E-state index contributed by atoms with van der Waals surface area (Å²) in [6.07, 6.45) is -7.13. The fraction of sp³-hybridized carbons (Fsp3) is 0.500. The number of aliphatic hydroxyl groups excluding tert-OH is 4. The average molecular weight is 370 g/mol. The molecule has 10 heteroatoms. The summed E-state index contributed by atoms with van der Waals surface area (Å²) in [5.74, 6) is -0.482. The summed E-state index contributed by atoms with van der Waals surface area (Å²) in [6.45, 7) is 1.34. The first-order valence-corrected chi connectivity index (χ1v) is 8.02.